The van der Waals surface area contributed by atoms with Crippen LogP contribution in [0.5, 0.6) is 11.5 Å². The molecule has 0 atom stereocenters. The van der Waals surface area contributed by atoms with E-state index in [1.54, 1.807) is 6.08 Å². The van der Waals surface area contributed by atoms with Crippen molar-refractivity contribution in [1.29, 1.82) is 0 Å². The quantitative estimate of drug-likeness (QED) is 0.193. The zero-order chi connectivity index (χ0) is 19.4. The van der Waals surface area contributed by atoms with Crippen LogP contribution >= 0.6 is 39.1 Å². The van der Waals surface area contributed by atoms with E-state index < -0.39 is 0 Å². The van der Waals surface area contributed by atoms with Gasteiger partial charge >= 0.3 is 0 Å². The molecule has 1 rings (SSSR count). The average Bonchev–Trinajstić information content (AvgIpc) is 2.54. The van der Waals surface area contributed by atoms with Gasteiger partial charge in [-0.2, -0.15) is 0 Å². The molecular weight excluding hydrogens is 441 g/mol. The van der Waals surface area contributed by atoms with Gasteiger partial charge in [-0.05, 0) is 86.2 Å². The normalized spacial score (nSPS) is 10.2. The lowest BCUT2D eigenvalue weighted by atomic mass is 10.2. The van der Waals surface area contributed by atoms with Crippen molar-refractivity contribution in [3.63, 3.8) is 0 Å². The van der Waals surface area contributed by atoms with Crippen molar-refractivity contribution in [2.24, 2.45) is 5.16 Å². The fourth-order valence-corrected chi connectivity index (χ4v) is 2.92. The molecule has 0 saturated heterocycles. The van der Waals surface area contributed by atoms with Gasteiger partial charge in [0.05, 0.1) is 16.8 Å². The number of hydrogen-bond donors (Lipinski definition) is 0. The van der Waals surface area contributed by atoms with E-state index in [2.05, 4.69) is 21.1 Å². The molecule has 1 aromatic rings. The van der Waals surface area contributed by atoms with Crippen LogP contribution in [-0.2, 0) is 4.84 Å². The van der Waals surface area contributed by atoms with E-state index in [1.165, 1.54) is 0 Å². The summed E-state index contributed by atoms with van der Waals surface area (Å²) in [7, 11) is 0. The predicted octanol–water partition coefficient (Wildman–Crippen LogP) is 6.81. The first kappa shape index (κ1) is 23.1. The molecule has 0 fully saturated rings. The Morgan fingerprint density at radius 3 is 2.38 bits per heavy atom. The van der Waals surface area contributed by atoms with Crippen LogP contribution in [0.1, 0.15) is 45.1 Å². The highest BCUT2D eigenvalue weighted by Crippen LogP contribution is 2.33. The van der Waals surface area contributed by atoms with E-state index in [4.69, 9.17) is 37.5 Å². The van der Waals surface area contributed by atoms with Crippen LogP contribution in [0.25, 0.3) is 0 Å². The van der Waals surface area contributed by atoms with E-state index in [-0.39, 0.29) is 4.49 Å². The van der Waals surface area contributed by atoms with E-state index in [1.807, 2.05) is 32.9 Å². The summed E-state index contributed by atoms with van der Waals surface area (Å²) in [4.78, 5) is 5.18. The molecule has 26 heavy (non-hydrogen) atoms. The number of unbranched alkanes of at least 4 members (excludes halogenated alkanes) is 3. The Balaban J connectivity index is 2.30. The Labute approximate surface area is 174 Å². The van der Waals surface area contributed by atoms with Crippen LogP contribution in [0.4, 0.5) is 0 Å². The molecule has 0 aliphatic rings. The van der Waals surface area contributed by atoms with Crippen LogP contribution < -0.4 is 9.47 Å². The third-order valence-corrected chi connectivity index (χ3v) is 4.21. The molecule has 0 amide bonds. The average molecular weight is 467 g/mol. The number of rotatable bonds is 12. The molecule has 0 N–H and O–H groups in total. The van der Waals surface area contributed by atoms with Gasteiger partial charge in [-0.25, -0.2) is 0 Å². The van der Waals surface area contributed by atoms with Gasteiger partial charge < -0.3 is 14.3 Å². The van der Waals surface area contributed by atoms with Crippen LogP contribution in [0, 0.1) is 6.92 Å². The SMILES string of the molecule is CC(C)=NOCCCCCCOc1c(C)cc(OCC=C(Cl)Cl)cc1Br. The van der Waals surface area contributed by atoms with Crippen LogP contribution in [0.15, 0.2) is 32.3 Å². The van der Waals surface area contributed by atoms with E-state index in [9.17, 15) is 0 Å². The summed E-state index contributed by atoms with van der Waals surface area (Å²) in [6.45, 7) is 7.50. The maximum absolute atomic E-state index is 5.91. The van der Waals surface area contributed by atoms with E-state index in [0.29, 0.717) is 19.8 Å². The molecular formula is C19H26BrCl2NO3. The number of oxime groups is 1. The van der Waals surface area contributed by atoms with E-state index >= 15 is 0 Å². The lowest BCUT2D eigenvalue weighted by molar-refractivity contribution is 0.139. The lowest BCUT2D eigenvalue weighted by Gasteiger charge is -2.13. The molecule has 7 heteroatoms. The summed E-state index contributed by atoms with van der Waals surface area (Å²) in [5.41, 5.74) is 1.95. The Hall–Kier alpha value is -0.910. The number of halogens is 3. The molecule has 4 nitrogen and oxygen atoms in total. The summed E-state index contributed by atoms with van der Waals surface area (Å²) >= 11 is 14.7. The Kier molecular flexibility index (Phi) is 11.8. The van der Waals surface area contributed by atoms with Crippen molar-refractivity contribution in [2.75, 3.05) is 19.8 Å². The van der Waals surface area contributed by atoms with Crippen molar-refractivity contribution in [3.05, 3.63) is 32.7 Å². The van der Waals surface area contributed by atoms with Gasteiger partial charge in [0, 0.05) is 0 Å². The van der Waals surface area contributed by atoms with Crippen molar-refractivity contribution in [2.45, 2.75) is 46.5 Å². The van der Waals surface area contributed by atoms with Gasteiger partial charge in [0.2, 0.25) is 0 Å². The maximum Gasteiger partial charge on any atom is 0.136 e. The fourth-order valence-electron chi connectivity index (χ4n) is 2.14. The molecule has 0 radical (unpaired) electrons. The van der Waals surface area contributed by atoms with Crippen molar-refractivity contribution < 1.29 is 14.3 Å². The van der Waals surface area contributed by atoms with Crippen molar-refractivity contribution >= 4 is 44.8 Å². The third kappa shape index (κ3) is 10.3. The standard InChI is InChI=1S/C19H26BrCl2NO3/c1-14(2)23-26-10-7-5-4-6-9-25-19-15(3)12-16(13-17(19)20)24-11-8-18(21)22/h8,12-13H,4-7,9-11H2,1-3H3. The van der Waals surface area contributed by atoms with Gasteiger partial charge in [-0.15, -0.1) is 0 Å². The van der Waals surface area contributed by atoms with Crippen molar-refractivity contribution in [1.82, 2.24) is 0 Å². The first-order valence-electron chi connectivity index (χ1n) is 8.60. The number of nitrogens with zero attached hydrogens (tertiary/aromatic N) is 1. The molecule has 1 aromatic carbocycles. The molecule has 0 bridgehead atoms. The summed E-state index contributed by atoms with van der Waals surface area (Å²) in [5, 5.41) is 3.91. The molecule has 0 aliphatic heterocycles. The number of ether oxygens (including phenoxy) is 2. The second-order valence-corrected chi connectivity index (χ2v) is 7.85. The highest BCUT2D eigenvalue weighted by atomic mass is 79.9. The highest BCUT2D eigenvalue weighted by molar-refractivity contribution is 9.10. The Bertz CT molecular complexity index is 590. The summed E-state index contributed by atoms with van der Waals surface area (Å²) in [5.74, 6) is 1.58. The van der Waals surface area contributed by atoms with Gasteiger partial charge in [0.25, 0.3) is 0 Å². The number of benzene rings is 1. The molecule has 146 valence electrons. The fraction of sp³-hybridized carbons (Fsp3) is 0.526. The zero-order valence-corrected chi connectivity index (χ0v) is 18.6. The Morgan fingerprint density at radius 2 is 1.77 bits per heavy atom. The first-order chi connectivity index (χ1) is 12.4. The smallest absolute Gasteiger partial charge is 0.136 e. The zero-order valence-electron chi connectivity index (χ0n) is 15.5. The van der Waals surface area contributed by atoms with Crippen LogP contribution in [0.2, 0.25) is 0 Å². The third-order valence-electron chi connectivity index (χ3n) is 3.31. The van der Waals surface area contributed by atoms with Gasteiger partial charge in [0.15, 0.2) is 0 Å². The second-order valence-electron chi connectivity index (χ2n) is 5.99. The van der Waals surface area contributed by atoms with Gasteiger partial charge in [-0.3, -0.25) is 0 Å². The summed E-state index contributed by atoms with van der Waals surface area (Å²) in [6.07, 6.45) is 5.80. The lowest BCUT2D eigenvalue weighted by Crippen LogP contribution is -2.01. The monoisotopic (exact) mass is 465 g/mol. The molecule has 0 saturated carbocycles. The molecule has 0 aromatic heterocycles. The number of hydrogen-bond acceptors (Lipinski definition) is 4. The minimum atomic E-state index is 0.195. The highest BCUT2D eigenvalue weighted by Gasteiger charge is 2.08. The topological polar surface area (TPSA) is 40.0 Å². The summed E-state index contributed by atoms with van der Waals surface area (Å²) < 4.78 is 12.6. The van der Waals surface area contributed by atoms with Gasteiger partial charge in [0.1, 0.15) is 29.2 Å². The molecule has 0 spiro atoms. The van der Waals surface area contributed by atoms with E-state index in [0.717, 1.165) is 52.9 Å². The summed E-state index contributed by atoms with van der Waals surface area (Å²) in [6, 6.07) is 3.82. The van der Waals surface area contributed by atoms with Crippen molar-refractivity contribution in [3.8, 4) is 11.5 Å². The maximum atomic E-state index is 5.91. The Morgan fingerprint density at radius 1 is 1.08 bits per heavy atom. The predicted molar refractivity (Wildman–Crippen MR) is 113 cm³/mol. The minimum Gasteiger partial charge on any atom is -0.492 e. The van der Waals surface area contributed by atoms with Crippen LogP contribution in [0.3, 0.4) is 0 Å². The number of aryl methyl sites for hydroxylation is 1. The molecule has 0 heterocycles. The first-order valence-corrected chi connectivity index (χ1v) is 10.1. The minimum absolute atomic E-state index is 0.195. The second kappa shape index (κ2) is 13.3. The largest absolute Gasteiger partial charge is 0.492 e. The molecule has 0 unspecified atom stereocenters. The molecule has 0 aliphatic carbocycles. The van der Waals surface area contributed by atoms with Crippen LogP contribution in [-0.4, -0.2) is 25.5 Å². The van der Waals surface area contributed by atoms with Gasteiger partial charge in [-0.1, -0.05) is 28.4 Å².